The first-order chi connectivity index (χ1) is 39.3. The predicted molar refractivity (Wildman–Crippen MR) is 310 cm³/mol. The van der Waals surface area contributed by atoms with E-state index >= 15 is 13.2 Å². The highest BCUT2D eigenvalue weighted by Crippen LogP contribution is 2.47. The van der Waals surface area contributed by atoms with Crippen molar-refractivity contribution in [3.63, 3.8) is 0 Å². The van der Waals surface area contributed by atoms with Crippen molar-refractivity contribution >= 4 is 43.6 Å². The van der Waals surface area contributed by atoms with Crippen LogP contribution in [0.4, 0.5) is 13.2 Å². The van der Waals surface area contributed by atoms with Crippen molar-refractivity contribution in [1.82, 2.24) is 39.0 Å². The summed E-state index contributed by atoms with van der Waals surface area (Å²) in [5.41, 5.74) is 7.92. The highest BCUT2D eigenvalue weighted by atomic mass is 19.4. The molecule has 0 radical (unpaired) electrons. The van der Waals surface area contributed by atoms with Crippen LogP contribution in [-0.4, -0.2) is 39.0 Å². The largest absolute Gasteiger partial charge is 0.417 e. The topological polar surface area (TPSA) is 111 Å². The molecule has 4 aromatic heterocycles. The van der Waals surface area contributed by atoms with E-state index in [0.29, 0.717) is 79.5 Å². The van der Waals surface area contributed by atoms with Gasteiger partial charge in [-0.15, -0.1) is 0 Å². The van der Waals surface area contributed by atoms with Gasteiger partial charge in [-0.3, -0.25) is 0 Å². The van der Waals surface area contributed by atoms with Gasteiger partial charge in [0.25, 0.3) is 0 Å². The molecule has 80 heavy (non-hydrogen) atoms. The Morgan fingerprint density at radius 1 is 0.325 bits per heavy atom. The minimum Gasteiger partial charge on any atom is -0.308 e. The van der Waals surface area contributed by atoms with E-state index in [1.807, 2.05) is 215 Å². The summed E-state index contributed by atoms with van der Waals surface area (Å²) < 4.78 is 51.0. The summed E-state index contributed by atoms with van der Waals surface area (Å²) in [4.78, 5) is 29.9. The Bertz CT molecular complexity index is 4380. The van der Waals surface area contributed by atoms with Crippen LogP contribution in [0.5, 0.6) is 0 Å². The third kappa shape index (κ3) is 8.29. The van der Waals surface area contributed by atoms with Crippen LogP contribution in [0.1, 0.15) is 11.1 Å². The predicted octanol–water partition coefficient (Wildman–Crippen LogP) is 16.8. The molecule has 10 aromatic carbocycles. The molecule has 0 unspecified atom stereocenters. The number of nitrogens with zero attached hydrogens (tertiary/aromatic N) is 9. The molecule has 378 valence electrons. The highest BCUT2D eigenvalue weighted by molar-refractivity contribution is 6.13. The van der Waals surface area contributed by atoms with E-state index in [4.69, 9.17) is 29.9 Å². The average molecular weight is 1040 g/mol. The lowest BCUT2D eigenvalue weighted by Crippen LogP contribution is -2.10. The Balaban J connectivity index is 1.02. The molecule has 14 aromatic rings. The van der Waals surface area contributed by atoms with Gasteiger partial charge in [-0.25, -0.2) is 29.9 Å². The van der Waals surface area contributed by atoms with Gasteiger partial charge in [0.2, 0.25) is 0 Å². The van der Waals surface area contributed by atoms with Crippen LogP contribution >= 0.6 is 0 Å². The number of para-hydroxylation sites is 2. The molecule has 9 nitrogen and oxygen atoms in total. The van der Waals surface area contributed by atoms with Gasteiger partial charge in [-0.1, -0.05) is 176 Å². The number of rotatable bonds is 9. The molecule has 0 amide bonds. The molecule has 0 spiro atoms. The zero-order chi connectivity index (χ0) is 53.9. The normalized spacial score (nSPS) is 11.7. The van der Waals surface area contributed by atoms with Crippen molar-refractivity contribution in [2.75, 3.05) is 0 Å². The molecule has 12 heteroatoms. The van der Waals surface area contributed by atoms with Crippen LogP contribution < -0.4 is 0 Å². The Kier molecular flexibility index (Phi) is 11.5. The number of aromatic nitrogens is 8. The van der Waals surface area contributed by atoms with Crippen molar-refractivity contribution in [3.8, 4) is 96.9 Å². The maximum absolute atomic E-state index is 15.7. The van der Waals surface area contributed by atoms with Gasteiger partial charge < -0.3 is 9.13 Å². The zero-order valence-corrected chi connectivity index (χ0v) is 42.3. The van der Waals surface area contributed by atoms with Crippen LogP contribution in [0.3, 0.4) is 0 Å². The van der Waals surface area contributed by atoms with Gasteiger partial charge in [0.15, 0.2) is 34.9 Å². The lowest BCUT2D eigenvalue weighted by molar-refractivity contribution is -0.137. The van der Waals surface area contributed by atoms with Gasteiger partial charge in [0, 0.05) is 60.5 Å². The molecule has 14 rings (SSSR count). The fraction of sp³-hybridized carbons (Fsp3) is 0.0147. The minimum absolute atomic E-state index is 0.0567. The first-order valence-corrected chi connectivity index (χ1v) is 25.8. The fourth-order valence-corrected chi connectivity index (χ4v) is 10.9. The molecule has 0 aliphatic rings. The Hall–Kier alpha value is -10.9. The van der Waals surface area contributed by atoms with Crippen molar-refractivity contribution in [3.05, 3.63) is 254 Å². The quantitative estimate of drug-likeness (QED) is 0.142. The van der Waals surface area contributed by atoms with Crippen LogP contribution in [0.15, 0.2) is 243 Å². The molecule has 4 heterocycles. The number of halogens is 3. The van der Waals surface area contributed by atoms with Gasteiger partial charge in [-0.05, 0) is 72.3 Å². The van der Waals surface area contributed by atoms with E-state index in [1.54, 1.807) is 18.2 Å². The maximum Gasteiger partial charge on any atom is 0.417 e. The molecule has 0 aliphatic carbocycles. The van der Waals surface area contributed by atoms with Crippen molar-refractivity contribution in [2.24, 2.45) is 0 Å². The first-order valence-electron chi connectivity index (χ1n) is 25.8. The van der Waals surface area contributed by atoms with Crippen LogP contribution in [-0.2, 0) is 6.18 Å². The summed E-state index contributed by atoms with van der Waals surface area (Å²) in [6, 6.07) is 77.8. The number of hydrogen-bond acceptors (Lipinski definition) is 7. The number of alkyl halides is 3. The molecule has 0 saturated carbocycles. The van der Waals surface area contributed by atoms with E-state index in [9.17, 15) is 5.26 Å². The lowest BCUT2D eigenvalue weighted by atomic mass is 9.94. The number of hydrogen-bond donors (Lipinski definition) is 0. The van der Waals surface area contributed by atoms with Crippen LogP contribution in [0, 0.1) is 11.3 Å². The van der Waals surface area contributed by atoms with E-state index in [0.717, 1.165) is 49.9 Å². The monoisotopic (exact) mass is 1040 g/mol. The lowest BCUT2D eigenvalue weighted by Gasteiger charge is -2.23. The summed E-state index contributed by atoms with van der Waals surface area (Å²) in [6.45, 7) is 0. The van der Waals surface area contributed by atoms with Crippen molar-refractivity contribution in [1.29, 1.82) is 5.26 Å². The van der Waals surface area contributed by atoms with Crippen LogP contribution in [0.2, 0.25) is 0 Å². The van der Waals surface area contributed by atoms with Crippen molar-refractivity contribution in [2.45, 2.75) is 6.18 Å². The summed E-state index contributed by atoms with van der Waals surface area (Å²) in [5, 5.41) is 14.3. The van der Waals surface area contributed by atoms with Crippen molar-refractivity contribution < 1.29 is 13.2 Å². The van der Waals surface area contributed by atoms with E-state index in [2.05, 4.69) is 6.07 Å². The Morgan fingerprint density at radius 3 is 1.02 bits per heavy atom. The SMILES string of the molecule is N#Cc1cc(-n2c3ccccc3c3cc(-c4nc(-c5ccccc5)nc(-c5ccccc5)n4)ccc32)c(-c2ccccc2C(F)(F)F)c(-n2c3ccccc3c3cc(-c4nc(-c5ccccc5)nc(-c5ccccc5)n4)ccc32)c1. The first kappa shape index (κ1) is 47.5. The van der Waals surface area contributed by atoms with E-state index in [1.165, 1.54) is 12.1 Å². The number of nitriles is 1. The van der Waals surface area contributed by atoms with Gasteiger partial charge in [0.1, 0.15) is 0 Å². The highest BCUT2D eigenvalue weighted by Gasteiger charge is 2.36. The molecule has 0 bridgehead atoms. The van der Waals surface area contributed by atoms with Gasteiger partial charge >= 0.3 is 6.18 Å². The Morgan fingerprint density at radius 2 is 0.650 bits per heavy atom. The third-order valence-corrected chi connectivity index (χ3v) is 14.5. The molecule has 0 fully saturated rings. The third-order valence-electron chi connectivity index (χ3n) is 14.5. The summed E-state index contributed by atoms with van der Waals surface area (Å²) in [6.07, 6.45) is -4.76. The molecular weight excluding hydrogens is 1000 g/mol. The second-order valence-electron chi connectivity index (χ2n) is 19.3. The molecule has 0 N–H and O–H groups in total. The number of fused-ring (bicyclic) bond motifs is 6. The van der Waals surface area contributed by atoms with Gasteiger partial charge in [0.05, 0.1) is 50.6 Å². The number of benzene rings is 10. The summed E-state index contributed by atoms with van der Waals surface area (Å²) in [7, 11) is 0. The average Bonchev–Trinajstić information content (AvgIpc) is 4.09. The van der Waals surface area contributed by atoms with Gasteiger partial charge in [-0.2, -0.15) is 18.4 Å². The maximum atomic E-state index is 15.7. The summed E-state index contributed by atoms with van der Waals surface area (Å²) in [5.74, 6) is 2.92. The second-order valence-corrected chi connectivity index (χ2v) is 19.3. The molecule has 0 saturated heterocycles. The Labute approximate surface area is 455 Å². The van der Waals surface area contributed by atoms with E-state index < -0.39 is 11.7 Å². The minimum atomic E-state index is -4.76. The summed E-state index contributed by atoms with van der Waals surface area (Å²) >= 11 is 0. The molecule has 0 aliphatic heterocycles. The smallest absolute Gasteiger partial charge is 0.308 e. The fourth-order valence-electron chi connectivity index (χ4n) is 10.9. The van der Waals surface area contributed by atoms with E-state index in [-0.39, 0.29) is 16.7 Å². The zero-order valence-electron chi connectivity index (χ0n) is 42.3. The standard InChI is InChI=1S/C68H40F3N9/c69-68(70,71)54-30-16-13-29-51(54)61-59(79-55-31-17-14-27-49(55)52-39-47(33-35-57(52)79)66-75-62(43-19-5-1-6-20-43)73-63(76-66)44-21-7-2-8-22-44)37-42(41-72)38-60(61)80-56-32-18-15-28-50(56)53-40-48(34-36-58(53)80)67-77-64(45-23-9-3-10-24-45)74-65(78-67)46-25-11-4-12-26-46/h1-40H. The van der Waals surface area contributed by atoms with Crippen LogP contribution in [0.25, 0.3) is 134 Å². The molecular formula is C68H40F3N9. The molecule has 0 atom stereocenters. The second kappa shape index (κ2) is 19.3.